The van der Waals surface area contributed by atoms with Gasteiger partial charge in [-0.3, -0.25) is 14.5 Å². The van der Waals surface area contributed by atoms with Crippen LogP contribution in [-0.2, 0) is 11.8 Å². The van der Waals surface area contributed by atoms with Gasteiger partial charge in [-0.05, 0) is 25.2 Å². The van der Waals surface area contributed by atoms with Gasteiger partial charge in [0.1, 0.15) is 5.82 Å². The predicted molar refractivity (Wildman–Crippen MR) is 96.3 cm³/mol. The maximum absolute atomic E-state index is 14.8. The first-order valence-corrected chi connectivity index (χ1v) is 8.49. The summed E-state index contributed by atoms with van der Waals surface area (Å²) in [6, 6.07) is 3.66. The number of aromatic nitrogens is 4. The third-order valence-electron chi connectivity index (χ3n) is 4.65. The summed E-state index contributed by atoms with van der Waals surface area (Å²) in [6.45, 7) is 0.987. The molecule has 0 atom stereocenters. The SMILES string of the molecule is Cn1cc(-c2cnc3cnc(NC(=O)C4(F)CCNCC4)cc3c2)cn1. The molecule has 0 bridgehead atoms. The van der Waals surface area contributed by atoms with E-state index in [1.54, 1.807) is 29.3 Å². The molecule has 0 aliphatic carbocycles. The summed E-state index contributed by atoms with van der Waals surface area (Å²) < 4.78 is 16.5. The van der Waals surface area contributed by atoms with E-state index in [4.69, 9.17) is 0 Å². The lowest BCUT2D eigenvalue weighted by Crippen LogP contribution is -2.47. The number of piperidine rings is 1. The molecule has 4 heterocycles. The lowest BCUT2D eigenvalue weighted by atomic mass is 9.93. The molecule has 8 heteroatoms. The molecule has 1 saturated heterocycles. The van der Waals surface area contributed by atoms with Gasteiger partial charge >= 0.3 is 0 Å². The Morgan fingerprint density at radius 2 is 2.00 bits per heavy atom. The number of carbonyl (C=O) groups is 1. The van der Waals surface area contributed by atoms with Crippen molar-refractivity contribution in [3.63, 3.8) is 0 Å². The van der Waals surface area contributed by atoms with E-state index in [9.17, 15) is 9.18 Å². The number of halogens is 1. The third kappa shape index (κ3) is 3.15. The highest BCUT2D eigenvalue weighted by Crippen LogP contribution is 2.26. The molecular formula is C18H19FN6O. The van der Waals surface area contributed by atoms with Crippen LogP contribution in [0.1, 0.15) is 12.8 Å². The normalized spacial score (nSPS) is 16.5. The number of fused-ring (bicyclic) bond motifs is 1. The lowest BCUT2D eigenvalue weighted by Gasteiger charge is -2.28. The fourth-order valence-electron chi connectivity index (χ4n) is 3.11. The van der Waals surface area contributed by atoms with Crippen LogP contribution in [0.3, 0.4) is 0 Å². The van der Waals surface area contributed by atoms with E-state index < -0.39 is 11.6 Å². The van der Waals surface area contributed by atoms with Crippen LogP contribution >= 0.6 is 0 Å². The van der Waals surface area contributed by atoms with Gasteiger partial charge in [0, 0.05) is 48.8 Å². The first kappa shape index (κ1) is 16.6. The van der Waals surface area contributed by atoms with E-state index in [1.807, 2.05) is 19.3 Å². The van der Waals surface area contributed by atoms with Crippen LogP contribution in [0, 0.1) is 0 Å². The highest BCUT2D eigenvalue weighted by Gasteiger charge is 2.39. The van der Waals surface area contributed by atoms with Crippen molar-refractivity contribution in [3.05, 3.63) is 36.9 Å². The van der Waals surface area contributed by atoms with Crippen LogP contribution in [-0.4, -0.2) is 44.4 Å². The Kier molecular flexibility index (Phi) is 4.12. The number of pyridine rings is 2. The van der Waals surface area contributed by atoms with Crippen molar-refractivity contribution in [1.82, 2.24) is 25.1 Å². The third-order valence-corrected chi connectivity index (χ3v) is 4.65. The quantitative estimate of drug-likeness (QED) is 0.752. The Balaban J connectivity index is 1.61. The number of aryl methyl sites for hydroxylation is 1. The maximum atomic E-state index is 14.8. The zero-order chi connectivity index (χ0) is 18.1. The van der Waals surface area contributed by atoms with E-state index in [-0.39, 0.29) is 12.8 Å². The highest BCUT2D eigenvalue weighted by molar-refractivity contribution is 5.98. The van der Waals surface area contributed by atoms with Gasteiger partial charge in [0.05, 0.1) is 17.9 Å². The van der Waals surface area contributed by atoms with Gasteiger partial charge in [-0.25, -0.2) is 9.37 Å². The summed E-state index contributed by atoms with van der Waals surface area (Å²) in [7, 11) is 1.85. The summed E-state index contributed by atoms with van der Waals surface area (Å²) in [5.74, 6) is -0.314. The molecule has 3 aromatic heterocycles. The van der Waals surface area contributed by atoms with Gasteiger partial charge in [0.15, 0.2) is 5.67 Å². The highest BCUT2D eigenvalue weighted by atomic mass is 19.1. The average molecular weight is 354 g/mol. The van der Waals surface area contributed by atoms with Gasteiger partial charge in [0.25, 0.3) is 5.91 Å². The summed E-state index contributed by atoms with van der Waals surface area (Å²) in [4.78, 5) is 20.9. The Bertz CT molecular complexity index is 963. The van der Waals surface area contributed by atoms with Crippen LogP contribution in [0.25, 0.3) is 22.0 Å². The molecule has 3 aromatic rings. The second-order valence-corrected chi connectivity index (χ2v) is 6.56. The van der Waals surface area contributed by atoms with Gasteiger partial charge in [-0.2, -0.15) is 5.10 Å². The van der Waals surface area contributed by atoms with Crippen molar-refractivity contribution in [2.75, 3.05) is 18.4 Å². The van der Waals surface area contributed by atoms with Crippen molar-refractivity contribution in [3.8, 4) is 11.1 Å². The van der Waals surface area contributed by atoms with Crippen LogP contribution < -0.4 is 10.6 Å². The van der Waals surface area contributed by atoms with Gasteiger partial charge in [-0.1, -0.05) is 0 Å². The van der Waals surface area contributed by atoms with Crippen molar-refractivity contribution < 1.29 is 9.18 Å². The monoisotopic (exact) mass is 354 g/mol. The second kappa shape index (κ2) is 6.45. The molecule has 1 aliphatic heterocycles. The standard InChI is InChI=1S/C18H19FN6O/c1-25-11-14(9-23-25)13-6-12-7-16(22-10-15(12)21-8-13)24-17(26)18(19)2-4-20-5-3-18/h6-11,20H,2-5H2,1H3,(H,22,24,26). The smallest absolute Gasteiger partial charge is 0.263 e. The van der Waals surface area contributed by atoms with Crippen LogP contribution in [0.5, 0.6) is 0 Å². The molecule has 0 spiro atoms. The second-order valence-electron chi connectivity index (χ2n) is 6.56. The van der Waals surface area contributed by atoms with Crippen molar-refractivity contribution in [1.29, 1.82) is 0 Å². The molecule has 0 saturated carbocycles. The molecule has 4 rings (SSSR count). The minimum Gasteiger partial charge on any atom is -0.316 e. The fraction of sp³-hybridized carbons (Fsp3) is 0.333. The number of hydrogen-bond acceptors (Lipinski definition) is 5. The lowest BCUT2D eigenvalue weighted by molar-refractivity contribution is -0.129. The van der Waals surface area contributed by atoms with Crippen LogP contribution in [0.4, 0.5) is 10.2 Å². The Hall–Kier alpha value is -2.87. The molecular weight excluding hydrogens is 335 g/mol. The summed E-state index contributed by atoms with van der Waals surface area (Å²) >= 11 is 0. The minimum atomic E-state index is -1.85. The van der Waals surface area contributed by atoms with Crippen molar-refractivity contribution in [2.24, 2.45) is 7.05 Å². The number of amides is 1. The van der Waals surface area contributed by atoms with E-state index >= 15 is 0 Å². The number of hydrogen-bond donors (Lipinski definition) is 2. The molecule has 1 amide bonds. The summed E-state index contributed by atoms with van der Waals surface area (Å²) in [5.41, 5.74) is 0.709. The van der Waals surface area contributed by atoms with Crippen molar-refractivity contribution in [2.45, 2.75) is 18.5 Å². The number of alkyl halides is 1. The van der Waals surface area contributed by atoms with Crippen molar-refractivity contribution >= 4 is 22.6 Å². The predicted octanol–water partition coefficient (Wildman–Crippen LogP) is 2.06. The molecule has 134 valence electrons. The Morgan fingerprint density at radius 3 is 2.73 bits per heavy atom. The van der Waals surface area contributed by atoms with Crippen LogP contribution in [0.15, 0.2) is 36.9 Å². The fourth-order valence-corrected chi connectivity index (χ4v) is 3.11. The average Bonchev–Trinajstić information content (AvgIpc) is 3.08. The molecule has 0 aromatic carbocycles. The minimum absolute atomic E-state index is 0.166. The van der Waals surface area contributed by atoms with E-state index in [0.29, 0.717) is 24.4 Å². The number of rotatable bonds is 3. The van der Waals surface area contributed by atoms with Gasteiger partial charge in [0.2, 0.25) is 0 Å². The molecule has 1 fully saturated rings. The maximum Gasteiger partial charge on any atom is 0.263 e. The molecule has 0 unspecified atom stereocenters. The van der Waals surface area contributed by atoms with Crippen LogP contribution in [0.2, 0.25) is 0 Å². The van der Waals surface area contributed by atoms with Gasteiger partial charge < -0.3 is 10.6 Å². The largest absolute Gasteiger partial charge is 0.316 e. The molecule has 0 radical (unpaired) electrons. The molecule has 2 N–H and O–H groups in total. The Morgan fingerprint density at radius 1 is 1.19 bits per heavy atom. The number of carbonyl (C=O) groups excluding carboxylic acids is 1. The zero-order valence-electron chi connectivity index (χ0n) is 14.4. The molecule has 7 nitrogen and oxygen atoms in total. The van der Waals surface area contributed by atoms with Gasteiger partial charge in [-0.15, -0.1) is 0 Å². The van der Waals surface area contributed by atoms with E-state index in [2.05, 4.69) is 25.7 Å². The topological polar surface area (TPSA) is 84.7 Å². The number of nitrogens with one attached hydrogen (secondary N) is 2. The van der Waals surface area contributed by atoms with E-state index in [1.165, 1.54) is 0 Å². The first-order valence-electron chi connectivity index (χ1n) is 8.49. The molecule has 1 aliphatic rings. The summed E-state index contributed by atoms with van der Waals surface area (Å²) in [5, 5.41) is 10.6. The first-order chi connectivity index (χ1) is 12.5. The number of anilines is 1. The van der Waals surface area contributed by atoms with E-state index in [0.717, 1.165) is 16.5 Å². The molecule has 26 heavy (non-hydrogen) atoms. The zero-order valence-corrected chi connectivity index (χ0v) is 14.4. The summed E-state index contributed by atoms with van der Waals surface area (Å²) in [6.07, 6.45) is 7.32. The Labute approximate surface area is 149 Å². The number of nitrogens with zero attached hydrogens (tertiary/aromatic N) is 4.